The Morgan fingerprint density at radius 3 is 0.837 bits per heavy atom. The first kappa shape index (κ1) is 73.8. The molecule has 12 nitrogen and oxygen atoms in total. The lowest BCUT2D eigenvalue weighted by Gasteiger charge is -2.38. The van der Waals surface area contributed by atoms with Crippen molar-refractivity contribution in [2.45, 2.75) is 260 Å². The average molecular weight is 1240 g/mol. The topological polar surface area (TPSA) is 208 Å². The fourth-order valence-electron chi connectivity index (χ4n) is 16.7. The van der Waals surface area contributed by atoms with E-state index in [4.69, 9.17) is 29.3 Å². The summed E-state index contributed by atoms with van der Waals surface area (Å²) in [4.78, 5) is 42.1. The largest absolute Gasteiger partial charge is 0.481 e. The number of carbonyl (C=O) groups is 4. The summed E-state index contributed by atoms with van der Waals surface area (Å²) in [6, 6.07) is 0. The second-order valence-electron chi connectivity index (χ2n) is 31.9. The van der Waals surface area contributed by atoms with Crippen molar-refractivity contribution in [3.63, 3.8) is 0 Å². The molecule has 0 saturated heterocycles. The van der Waals surface area contributed by atoms with Gasteiger partial charge >= 0.3 is 23.9 Å². The molecule has 8 aliphatic rings. The molecule has 0 aromatic rings. The number of rotatable bonds is 24. The minimum absolute atomic E-state index is 0.271. The molecule has 0 aliphatic heterocycles. The molecule has 8 fully saturated rings. The maximum absolute atomic E-state index is 10.6. The molecule has 8 saturated carbocycles. The maximum atomic E-state index is 10.6. The Balaban J connectivity index is 0.000000212. The van der Waals surface area contributed by atoms with Crippen LogP contribution in [0.1, 0.15) is 223 Å². The van der Waals surface area contributed by atoms with Crippen LogP contribution in [0.15, 0.2) is 46.6 Å². The Hall–Kier alpha value is -2.89. The van der Waals surface area contributed by atoms with Crippen molar-refractivity contribution in [1.29, 1.82) is 0 Å². The molecule has 0 spiro atoms. The van der Waals surface area contributed by atoms with Gasteiger partial charge in [0.05, 0.1) is 0 Å². The van der Waals surface area contributed by atoms with E-state index in [1.165, 1.54) is 75.4 Å². The first-order valence-electron chi connectivity index (χ1n) is 34.3. The second kappa shape index (κ2) is 33.4. The Labute approximate surface area is 524 Å². The molecule has 0 heterocycles. The zero-order valence-electron chi connectivity index (χ0n) is 56.5. The molecule has 0 unspecified atom stereocenters. The predicted octanol–water partition coefficient (Wildman–Crippen LogP) is 17.4. The third-order valence-corrected chi connectivity index (χ3v) is 32.8. The average Bonchev–Trinajstić information content (AvgIpc) is 2.55. The summed E-state index contributed by atoms with van der Waals surface area (Å²) in [6.07, 6.45) is 31.6. The minimum atomic E-state index is -1.67. The molecule has 16 atom stereocenters. The fourth-order valence-corrected chi connectivity index (χ4v) is 18.7. The molecule has 14 heteroatoms. The van der Waals surface area contributed by atoms with Crippen LogP contribution in [-0.2, 0) is 28.0 Å². The van der Waals surface area contributed by atoms with Gasteiger partial charge in [-0.05, 0) is 259 Å². The van der Waals surface area contributed by atoms with Crippen molar-refractivity contribution in [3.8, 4) is 0 Å². The van der Waals surface area contributed by atoms with Crippen molar-refractivity contribution >= 4 is 40.5 Å². The van der Waals surface area contributed by atoms with Crippen molar-refractivity contribution in [2.24, 2.45) is 94.7 Å². The van der Waals surface area contributed by atoms with Gasteiger partial charge in [0.2, 0.25) is 0 Å². The predicted molar refractivity (Wildman–Crippen MR) is 353 cm³/mol. The summed E-state index contributed by atoms with van der Waals surface area (Å²) in [5.74, 6) is 8.58. The second-order valence-corrected chi connectivity index (χ2v) is 41.6. The van der Waals surface area contributed by atoms with E-state index in [-0.39, 0.29) is 35.8 Å². The Kier molecular flexibility index (Phi) is 28.7. The maximum Gasteiger partial charge on any atom is 0.303 e. The highest BCUT2D eigenvalue weighted by Gasteiger charge is 2.49. The van der Waals surface area contributed by atoms with Crippen LogP contribution in [0.25, 0.3) is 0 Å². The SMILES string of the molecule is C[C@@H]1C[C@@H]2C/C(=C/CCCC(=O)O)C[C@@H]2[C@H]1CO.C[C@@H]1C[C@@H]2C/C(=C/CCCC(=O)O)C[C@@H]2[C@H]1CO[Si](C)(C)C(C)(C)C.C[C@@H]1C[C@@H]2C/C(=C\CCCC(=O)O)C[C@@H]2[C@H]1CO.C[C@@H]1C[C@@H]2C/C(=C\CCCC(=O)O)C[C@@H]2[C@H]1CO[Si](C)(C)C(C)(C)C. The van der Waals surface area contributed by atoms with Crippen LogP contribution in [0, 0.1) is 94.7 Å². The number of unbranched alkanes of at least 4 members (excludes halogenated alkanes) is 4. The fraction of sp³-hybridized carbons (Fsp3) is 0.833. The highest BCUT2D eigenvalue weighted by Crippen LogP contribution is 2.56. The van der Waals surface area contributed by atoms with Gasteiger partial charge in [0.15, 0.2) is 16.6 Å². The molecule has 0 bridgehead atoms. The highest BCUT2D eigenvalue weighted by atomic mass is 28.4. The molecular weight excluding hydrogens is 1110 g/mol. The van der Waals surface area contributed by atoms with Crippen molar-refractivity contribution < 1.29 is 58.7 Å². The van der Waals surface area contributed by atoms with Gasteiger partial charge in [0.1, 0.15) is 0 Å². The molecule has 492 valence electrons. The summed E-state index contributed by atoms with van der Waals surface area (Å²) in [5.41, 5.74) is 6.15. The van der Waals surface area contributed by atoms with Gasteiger partial charge in [-0.25, -0.2) is 0 Å². The summed E-state index contributed by atoms with van der Waals surface area (Å²) in [5, 5.41) is 54.1. The van der Waals surface area contributed by atoms with E-state index in [1.54, 1.807) is 11.1 Å². The van der Waals surface area contributed by atoms with Crippen LogP contribution in [0.2, 0.25) is 36.3 Å². The number of allylic oxidation sites excluding steroid dienone is 8. The Bertz CT molecular complexity index is 2150. The Morgan fingerprint density at radius 1 is 0.407 bits per heavy atom. The van der Waals surface area contributed by atoms with Gasteiger partial charge in [-0.2, -0.15) is 0 Å². The van der Waals surface area contributed by atoms with E-state index in [9.17, 15) is 29.4 Å². The molecule has 8 aliphatic carbocycles. The quantitative estimate of drug-likeness (QED) is 0.0303. The van der Waals surface area contributed by atoms with Gasteiger partial charge in [0.25, 0.3) is 0 Å². The van der Waals surface area contributed by atoms with Gasteiger partial charge < -0.3 is 39.5 Å². The van der Waals surface area contributed by atoms with Crippen molar-refractivity contribution in [1.82, 2.24) is 0 Å². The van der Waals surface area contributed by atoms with Gasteiger partial charge in [-0.15, -0.1) is 0 Å². The van der Waals surface area contributed by atoms with Crippen molar-refractivity contribution in [2.75, 3.05) is 26.4 Å². The number of fused-ring (bicyclic) bond motifs is 4. The molecule has 0 radical (unpaired) electrons. The minimum Gasteiger partial charge on any atom is -0.481 e. The number of aliphatic hydroxyl groups is 2. The number of aliphatic carboxylic acids is 4. The molecule has 8 rings (SSSR count). The van der Waals surface area contributed by atoms with Crippen LogP contribution in [0.5, 0.6) is 0 Å². The third kappa shape index (κ3) is 21.6. The standard InChI is InChI=1S/2C21H38O3Si.2C15H24O3/c2*1-15-11-17-12-16(9-7-8-10-20(22)23)13-18(17)19(15)14-24-25(5,6)21(2,3)4;2*1-10-6-12-7-11(4-2-3-5-15(17)18)8-13(12)14(10)9-16/h2*9,15,17-19H,7-8,10-14H2,1-6H3,(H,22,23);2*4,10,12-14,16H,2-3,5-9H2,1H3,(H,17,18)/b16-9+;16-9-;11-4+;11-4-/t2*15-,17-,18+,19+;2*10-,12-,13+,14+/m1111/s1. The molecule has 86 heavy (non-hydrogen) atoms. The number of hydrogen-bond acceptors (Lipinski definition) is 8. The lowest BCUT2D eigenvalue weighted by molar-refractivity contribution is -0.138. The van der Waals surface area contributed by atoms with Crippen LogP contribution in [-0.4, -0.2) is 97.6 Å². The molecule has 0 amide bonds. The lowest BCUT2D eigenvalue weighted by Crippen LogP contribution is -2.42. The lowest BCUT2D eigenvalue weighted by atomic mass is 9.89. The van der Waals surface area contributed by atoms with Gasteiger partial charge in [-0.3, -0.25) is 19.2 Å². The number of carboxylic acid groups (broad SMARTS) is 4. The normalized spacial score (nSPS) is 33.9. The summed E-state index contributed by atoms with van der Waals surface area (Å²) < 4.78 is 13.1. The van der Waals surface area contributed by atoms with E-state index in [2.05, 4.69) is 120 Å². The Morgan fingerprint density at radius 2 is 0.628 bits per heavy atom. The van der Waals surface area contributed by atoms with Gasteiger partial charge in [-0.1, -0.05) is 116 Å². The smallest absolute Gasteiger partial charge is 0.303 e. The zero-order chi connectivity index (χ0) is 63.9. The van der Waals surface area contributed by atoms with E-state index < -0.39 is 40.5 Å². The zero-order valence-corrected chi connectivity index (χ0v) is 58.5. The number of aliphatic hydroxyl groups excluding tert-OH is 2. The molecule has 0 aromatic heterocycles. The summed E-state index contributed by atoms with van der Waals surface area (Å²) >= 11 is 0. The van der Waals surface area contributed by atoms with Crippen LogP contribution in [0.4, 0.5) is 0 Å². The highest BCUT2D eigenvalue weighted by molar-refractivity contribution is 6.74. The van der Waals surface area contributed by atoms with Gasteiger partial charge in [0, 0.05) is 52.1 Å². The molecule has 0 aromatic carbocycles. The van der Waals surface area contributed by atoms with Crippen LogP contribution in [0.3, 0.4) is 0 Å². The molecular formula is C72H124O12Si2. The van der Waals surface area contributed by atoms with Crippen LogP contribution < -0.4 is 0 Å². The monoisotopic (exact) mass is 1240 g/mol. The van der Waals surface area contributed by atoms with E-state index >= 15 is 0 Å². The first-order chi connectivity index (χ1) is 40.2. The third-order valence-electron chi connectivity index (χ3n) is 23.8. The van der Waals surface area contributed by atoms with E-state index in [1.807, 2.05) is 0 Å². The number of hydrogen-bond donors (Lipinski definition) is 6. The van der Waals surface area contributed by atoms with E-state index in [0.29, 0.717) is 60.6 Å². The number of carboxylic acids is 4. The molecule has 6 N–H and O–H groups in total. The first-order valence-corrected chi connectivity index (χ1v) is 40.2. The van der Waals surface area contributed by atoms with Crippen LogP contribution >= 0.6 is 0 Å². The summed E-state index contributed by atoms with van der Waals surface area (Å²) in [7, 11) is -3.34. The van der Waals surface area contributed by atoms with Crippen molar-refractivity contribution in [3.05, 3.63) is 46.6 Å². The van der Waals surface area contributed by atoms with E-state index in [0.717, 1.165) is 125 Å². The summed E-state index contributed by atoms with van der Waals surface area (Å²) in [6.45, 7) is 35.2.